The molecule has 7 heteroatoms. The maximum absolute atomic E-state index is 12.1. The Morgan fingerprint density at radius 2 is 2.38 bits per heavy atom. The fraction of sp³-hybridized carbons (Fsp3) is 0.429. The first-order valence-electron chi connectivity index (χ1n) is 6.83. The number of thiophene rings is 1. The van der Waals surface area contributed by atoms with Crippen molar-refractivity contribution >= 4 is 33.0 Å². The Kier molecular flexibility index (Phi) is 5.96. The molecule has 5 nitrogen and oxygen atoms in total. The summed E-state index contributed by atoms with van der Waals surface area (Å²) in [6.07, 6.45) is 2.94. The summed E-state index contributed by atoms with van der Waals surface area (Å²) >= 11 is 4.85. The van der Waals surface area contributed by atoms with Crippen LogP contribution < -0.4 is 10.9 Å². The summed E-state index contributed by atoms with van der Waals surface area (Å²) in [6, 6.07) is 1.88. The summed E-state index contributed by atoms with van der Waals surface area (Å²) in [5.41, 5.74) is 1.31. The predicted octanol–water partition coefficient (Wildman–Crippen LogP) is 3.01. The molecular formula is C14H18BrN3O2S. The lowest BCUT2D eigenvalue weighted by molar-refractivity contribution is 0.192. The maximum atomic E-state index is 12.1. The van der Waals surface area contributed by atoms with Gasteiger partial charge in [-0.1, -0.05) is 13.3 Å². The molecule has 0 saturated carbocycles. The smallest absolute Gasteiger partial charge is 0.283 e. The van der Waals surface area contributed by atoms with Gasteiger partial charge in [0.1, 0.15) is 4.47 Å². The first kappa shape index (κ1) is 16.2. The molecular weight excluding hydrogens is 354 g/mol. The van der Waals surface area contributed by atoms with Crippen molar-refractivity contribution in [3.63, 3.8) is 0 Å². The second kappa shape index (κ2) is 7.72. The van der Waals surface area contributed by atoms with Crippen molar-refractivity contribution in [1.29, 1.82) is 0 Å². The number of hydrogen-bond donors (Lipinski definition) is 2. The summed E-state index contributed by atoms with van der Waals surface area (Å²) in [5, 5.41) is 21.1. The maximum Gasteiger partial charge on any atom is 0.283 e. The first-order chi connectivity index (χ1) is 10.1. The average Bonchev–Trinajstić information content (AvgIpc) is 3.02. The highest BCUT2D eigenvalue weighted by Crippen LogP contribution is 2.20. The minimum Gasteiger partial charge on any atom is -0.387 e. The van der Waals surface area contributed by atoms with Gasteiger partial charge in [-0.05, 0) is 44.7 Å². The monoisotopic (exact) mass is 371 g/mol. The van der Waals surface area contributed by atoms with Crippen molar-refractivity contribution in [1.82, 2.24) is 9.78 Å². The van der Waals surface area contributed by atoms with Crippen LogP contribution in [0.5, 0.6) is 0 Å². The van der Waals surface area contributed by atoms with Gasteiger partial charge in [-0.25, -0.2) is 4.68 Å². The summed E-state index contributed by atoms with van der Waals surface area (Å²) in [4.78, 5) is 12.1. The van der Waals surface area contributed by atoms with Gasteiger partial charge in [-0.2, -0.15) is 16.4 Å². The van der Waals surface area contributed by atoms with Crippen molar-refractivity contribution in [3.8, 4) is 0 Å². The van der Waals surface area contributed by atoms with Gasteiger partial charge in [0.15, 0.2) is 0 Å². The van der Waals surface area contributed by atoms with Gasteiger partial charge in [0.25, 0.3) is 5.56 Å². The number of anilines is 1. The van der Waals surface area contributed by atoms with Gasteiger partial charge in [-0.15, -0.1) is 0 Å². The molecule has 2 rings (SSSR count). The molecule has 0 aliphatic carbocycles. The van der Waals surface area contributed by atoms with Crippen LogP contribution in [0, 0.1) is 0 Å². The normalized spacial score (nSPS) is 12.3. The number of hydrogen-bond acceptors (Lipinski definition) is 5. The van der Waals surface area contributed by atoms with E-state index in [1.165, 1.54) is 4.68 Å². The molecule has 2 aromatic heterocycles. The average molecular weight is 372 g/mol. The zero-order valence-corrected chi connectivity index (χ0v) is 14.2. The lowest BCUT2D eigenvalue weighted by Crippen LogP contribution is -2.25. The zero-order chi connectivity index (χ0) is 15.2. The Bertz CT molecular complexity index is 628. The molecule has 0 bridgehead atoms. The quantitative estimate of drug-likeness (QED) is 0.784. The number of nitrogens with zero attached hydrogens (tertiary/aromatic N) is 2. The van der Waals surface area contributed by atoms with Gasteiger partial charge in [0.05, 0.1) is 18.0 Å². The van der Waals surface area contributed by atoms with Crippen molar-refractivity contribution in [2.75, 3.05) is 11.9 Å². The van der Waals surface area contributed by atoms with Crippen molar-refractivity contribution in [2.45, 2.75) is 32.4 Å². The van der Waals surface area contributed by atoms with E-state index in [0.29, 0.717) is 23.2 Å². The van der Waals surface area contributed by atoms with Crippen molar-refractivity contribution in [2.24, 2.45) is 0 Å². The highest BCUT2D eigenvalue weighted by atomic mass is 79.9. The molecule has 0 spiro atoms. The van der Waals surface area contributed by atoms with E-state index in [4.69, 9.17) is 0 Å². The van der Waals surface area contributed by atoms with Crippen LogP contribution in [0.25, 0.3) is 0 Å². The molecule has 0 amide bonds. The van der Waals surface area contributed by atoms with Gasteiger partial charge >= 0.3 is 0 Å². The summed E-state index contributed by atoms with van der Waals surface area (Å²) in [5.74, 6) is 0. The summed E-state index contributed by atoms with van der Waals surface area (Å²) in [6.45, 7) is 3.02. The summed E-state index contributed by atoms with van der Waals surface area (Å²) in [7, 11) is 0. The highest BCUT2D eigenvalue weighted by molar-refractivity contribution is 9.10. The molecule has 0 aliphatic rings. The van der Waals surface area contributed by atoms with Crippen LogP contribution in [0.1, 0.15) is 31.4 Å². The Balaban J connectivity index is 2.04. The number of unbranched alkanes of at least 4 members (excludes halogenated alkanes) is 1. The summed E-state index contributed by atoms with van der Waals surface area (Å²) < 4.78 is 1.90. The number of aryl methyl sites for hydroxylation is 1. The van der Waals surface area contributed by atoms with Crippen LogP contribution in [0.15, 0.2) is 32.3 Å². The standard InChI is InChI=1S/C14H18BrN3O2S/c1-2-3-5-18-14(20)13(15)11(7-17-18)16-8-12(19)10-4-6-21-9-10/h4,6-7,9,12,16,19H,2-3,5,8H2,1H3. The number of aromatic nitrogens is 2. The minimum atomic E-state index is -0.606. The third-order valence-electron chi connectivity index (χ3n) is 3.12. The van der Waals surface area contributed by atoms with Crippen LogP contribution >= 0.6 is 27.3 Å². The number of aliphatic hydroxyl groups is 1. The third kappa shape index (κ3) is 4.15. The molecule has 21 heavy (non-hydrogen) atoms. The number of rotatable bonds is 7. The van der Waals surface area contributed by atoms with Gasteiger partial charge in [0, 0.05) is 13.1 Å². The topological polar surface area (TPSA) is 67.2 Å². The van der Waals surface area contributed by atoms with Crippen LogP contribution in [-0.2, 0) is 6.54 Å². The number of halogens is 1. The predicted molar refractivity (Wildman–Crippen MR) is 88.9 cm³/mol. The lowest BCUT2D eigenvalue weighted by atomic mass is 10.2. The van der Waals surface area contributed by atoms with E-state index in [1.807, 2.05) is 16.8 Å². The SMILES string of the molecule is CCCCn1ncc(NCC(O)c2ccsc2)c(Br)c1=O. The van der Waals surface area contributed by atoms with Crippen molar-refractivity contribution < 1.29 is 5.11 Å². The third-order valence-corrected chi connectivity index (χ3v) is 4.59. The molecule has 2 heterocycles. The van der Waals surface area contributed by atoms with Gasteiger partial charge < -0.3 is 10.4 Å². The Hall–Kier alpha value is -1.18. The van der Waals surface area contributed by atoms with Crippen molar-refractivity contribution in [3.05, 3.63) is 43.4 Å². The Labute approximate surface area is 135 Å². The largest absolute Gasteiger partial charge is 0.387 e. The molecule has 1 atom stereocenters. The second-order valence-corrected chi connectivity index (χ2v) is 6.28. The van der Waals surface area contributed by atoms with Gasteiger partial charge in [-0.3, -0.25) is 4.79 Å². The lowest BCUT2D eigenvalue weighted by Gasteiger charge is -2.13. The van der Waals surface area contributed by atoms with Crippen LogP contribution in [0.2, 0.25) is 0 Å². The van der Waals surface area contributed by atoms with E-state index in [-0.39, 0.29) is 5.56 Å². The van der Waals surface area contributed by atoms with E-state index in [1.54, 1.807) is 17.5 Å². The highest BCUT2D eigenvalue weighted by Gasteiger charge is 2.11. The fourth-order valence-electron chi connectivity index (χ4n) is 1.84. The minimum absolute atomic E-state index is 0.154. The van der Waals surface area contributed by atoms with E-state index in [2.05, 4.69) is 33.3 Å². The number of nitrogens with one attached hydrogen (secondary N) is 1. The fourth-order valence-corrected chi connectivity index (χ4v) is 3.00. The number of aliphatic hydroxyl groups excluding tert-OH is 1. The van der Waals surface area contributed by atoms with Crippen LogP contribution in [0.3, 0.4) is 0 Å². The zero-order valence-electron chi connectivity index (χ0n) is 11.8. The molecule has 0 aromatic carbocycles. The first-order valence-corrected chi connectivity index (χ1v) is 8.56. The molecule has 1 unspecified atom stereocenters. The molecule has 0 aliphatic heterocycles. The molecule has 0 fully saturated rings. The Morgan fingerprint density at radius 1 is 1.57 bits per heavy atom. The molecule has 2 N–H and O–H groups in total. The van der Waals surface area contributed by atoms with E-state index >= 15 is 0 Å². The van der Waals surface area contributed by atoms with Crippen LogP contribution in [-0.4, -0.2) is 21.4 Å². The molecule has 0 saturated heterocycles. The van der Waals surface area contributed by atoms with E-state index in [9.17, 15) is 9.90 Å². The molecule has 2 aromatic rings. The molecule has 0 radical (unpaired) electrons. The Morgan fingerprint density at radius 3 is 3.05 bits per heavy atom. The van der Waals surface area contributed by atoms with E-state index < -0.39 is 6.10 Å². The second-order valence-electron chi connectivity index (χ2n) is 4.71. The van der Waals surface area contributed by atoms with E-state index in [0.717, 1.165) is 18.4 Å². The van der Waals surface area contributed by atoms with Crippen LogP contribution in [0.4, 0.5) is 5.69 Å². The molecule has 114 valence electrons. The van der Waals surface area contributed by atoms with Gasteiger partial charge in [0.2, 0.25) is 0 Å².